The van der Waals surface area contributed by atoms with Gasteiger partial charge in [-0.3, -0.25) is 0 Å². The highest BCUT2D eigenvalue weighted by molar-refractivity contribution is 5.25. The number of ether oxygens (including phenoxy) is 1. The Morgan fingerprint density at radius 3 is 2.00 bits per heavy atom. The number of halogens is 5. The zero-order valence-electron chi connectivity index (χ0n) is 16.7. The van der Waals surface area contributed by atoms with Gasteiger partial charge in [-0.25, -0.2) is 13.2 Å². The maximum Gasteiger partial charge on any atom is 0.427 e. The molecule has 2 nitrogen and oxygen atoms in total. The molecule has 164 valence electrons. The van der Waals surface area contributed by atoms with E-state index in [4.69, 9.17) is 0 Å². The zero-order chi connectivity index (χ0) is 21.2. The first-order chi connectivity index (χ1) is 13.6. The van der Waals surface area contributed by atoms with Gasteiger partial charge in [-0.2, -0.15) is 8.78 Å². The van der Waals surface area contributed by atoms with Crippen molar-refractivity contribution < 1.29 is 31.8 Å². The van der Waals surface area contributed by atoms with E-state index in [0.717, 1.165) is 18.8 Å². The highest BCUT2D eigenvalue weighted by Crippen LogP contribution is 2.48. The summed E-state index contributed by atoms with van der Waals surface area (Å²) in [4.78, 5) is 0. The second kappa shape index (κ2) is 8.78. The average molecular weight is 420 g/mol. The molecule has 1 N–H and O–H groups in total. The van der Waals surface area contributed by atoms with E-state index in [9.17, 15) is 27.1 Å². The number of alkyl halides is 2. The van der Waals surface area contributed by atoms with Crippen LogP contribution in [0.1, 0.15) is 71.1 Å². The fourth-order valence-corrected chi connectivity index (χ4v) is 5.07. The molecule has 0 atom stereocenters. The molecule has 0 unspecified atom stereocenters. The van der Waals surface area contributed by atoms with Crippen molar-refractivity contribution in [2.24, 2.45) is 17.8 Å². The Balaban J connectivity index is 1.59. The molecule has 0 aromatic heterocycles. The van der Waals surface area contributed by atoms with E-state index >= 15 is 0 Å². The van der Waals surface area contributed by atoms with Crippen molar-refractivity contribution in [3.8, 4) is 5.75 Å². The van der Waals surface area contributed by atoms with E-state index < -0.39 is 34.9 Å². The molecule has 0 radical (unpaired) electrons. The van der Waals surface area contributed by atoms with Crippen LogP contribution in [0.2, 0.25) is 0 Å². The van der Waals surface area contributed by atoms with Gasteiger partial charge in [0.2, 0.25) is 0 Å². The third kappa shape index (κ3) is 4.86. The quantitative estimate of drug-likeness (QED) is 0.415. The number of rotatable bonds is 6. The second-order valence-electron chi connectivity index (χ2n) is 8.76. The molecule has 29 heavy (non-hydrogen) atoms. The molecule has 7 heteroatoms. The van der Waals surface area contributed by atoms with Gasteiger partial charge in [-0.05, 0) is 56.3 Å². The molecule has 2 aliphatic rings. The van der Waals surface area contributed by atoms with Crippen molar-refractivity contribution in [2.45, 2.75) is 82.8 Å². The molecular formula is C22H29F5O2. The lowest BCUT2D eigenvalue weighted by atomic mass is 9.67. The van der Waals surface area contributed by atoms with E-state index in [0.29, 0.717) is 36.8 Å². The lowest BCUT2D eigenvalue weighted by molar-refractivity contribution is -0.300. The van der Waals surface area contributed by atoms with Crippen molar-refractivity contribution in [1.82, 2.24) is 0 Å². The minimum atomic E-state index is -4.03. The van der Waals surface area contributed by atoms with Crippen LogP contribution in [0, 0.1) is 35.2 Å². The van der Waals surface area contributed by atoms with E-state index in [1.54, 1.807) is 0 Å². The molecule has 2 saturated carbocycles. The molecule has 3 rings (SSSR count). The van der Waals surface area contributed by atoms with E-state index in [1.807, 2.05) is 0 Å². The molecule has 0 amide bonds. The van der Waals surface area contributed by atoms with Gasteiger partial charge in [0.1, 0.15) is 5.75 Å². The molecule has 1 aromatic rings. The summed E-state index contributed by atoms with van der Waals surface area (Å²) in [6.45, 7) is 2.19. The van der Waals surface area contributed by atoms with Crippen LogP contribution in [0.3, 0.4) is 0 Å². The van der Waals surface area contributed by atoms with Gasteiger partial charge in [0.25, 0.3) is 0 Å². The lowest BCUT2D eigenvalue weighted by Crippen LogP contribution is -2.54. The number of hydrogen-bond acceptors (Lipinski definition) is 2. The standard InChI is InChI=1S/C22H29F5O2/c1-2-3-14-4-6-15(7-5-14)16-8-10-21(28,11-9-16)22(26,27)29-17-12-18(23)20(25)19(24)13-17/h12-16,28H,2-11H2,1H3. The lowest BCUT2D eigenvalue weighted by Gasteiger charge is -2.43. The summed E-state index contributed by atoms with van der Waals surface area (Å²) in [6, 6.07) is 0.714. The predicted octanol–water partition coefficient (Wildman–Crippen LogP) is 6.60. The second-order valence-corrected chi connectivity index (χ2v) is 8.76. The van der Waals surface area contributed by atoms with Crippen molar-refractivity contribution in [2.75, 3.05) is 0 Å². The Morgan fingerprint density at radius 1 is 0.966 bits per heavy atom. The highest BCUT2D eigenvalue weighted by Gasteiger charge is 2.57. The van der Waals surface area contributed by atoms with Crippen LogP contribution in [0.5, 0.6) is 5.75 Å². The molecule has 2 fully saturated rings. The Labute approximate surface area is 168 Å². The summed E-state index contributed by atoms with van der Waals surface area (Å²) in [6.07, 6.45) is 3.60. The highest BCUT2D eigenvalue weighted by atomic mass is 19.3. The number of aliphatic hydroxyl groups is 1. The Bertz CT molecular complexity index is 669. The van der Waals surface area contributed by atoms with Gasteiger partial charge < -0.3 is 9.84 Å². The van der Waals surface area contributed by atoms with Crippen molar-refractivity contribution in [1.29, 1.82) is 0 Å². The Morgan fingerprint density at radius 2 is 1.48 bits per heavy atom. The van der Waals surface area contributed by atoms with E-state index in [2.05, 4.69) is 11.7 Å². The minimum Gasteiger partial charge on any atom is -0.430 e. The molecule has 0 saturated heterocycles. The van der Waals surface area contributed by atoms with Crippen molar-refractivity contribution in [3.05, 3.63) is 29.6 Å². The third-order valence-corrected chi connectivity index (χ3v) is 6.86. The SMILES string of the molecule is CCCC1CCC(C2CCC(O)(C(F)(F)Oc3cc(F)c(F)c(F)c3)CC2)CC1. The van der Waals surface area contributed by atoms with Crippen molar-refractivity contribution >= 4 is 0 Å². The zero-order valence-corrected chi connectivity index (χ0v) is 16.7. The Hall–Kier alpha value is -1.37. The predicted molar refractivity (Wildman–Crippen MR) is 99.2 cm³/mol. The topological polar surface area (TPSA) is 29.5 Å². The normalized spacial score (nSPS) is 30.9. The smallest absolute Gasteiger partial charge is 0.427 e. The summed E-state index contributed by atoms with van der Waals surface area (Å²) in [5.41, 5.74) is -2.41. The summed E-state index contributed by atoms with van der Waals surface area (Å²) in [5.74, 6) is -4.28. The molecule has 1 aromatic carbocycles. The summed E-state index contributed by atoms with van der Waals surface area (Å²) < 4.78 is 73.3. The van der Waals surface area contributed by atoms with Gasteiger partial charge in [0.15, 0.2) is 23.1 Å². The average Bonchev–Trinajstić information content (AvgIpc) is 2.67. The van der Waals surface area contributed by atoms with Crippen LogP contribution in [-0.2, 0) is 0 Å². The summed E-state index contributed by atoms with van der Waals surface area (Å²) in [7, 11) is 0. The van der Waals surface area contributed by atoms with E-state index in [-0.39, 0.29) is 12.8 Å². The first-order valence-electron chi connectivity index (χ1n) is 10.6. The Kier molecular flexibility index (Phi) is 6.76. The fraction of sp³-hybridized carbons (Fsp3) is 0.727. The van der Waals surface area contributed by atoms with Crippen LogP contribution in [-0.4, -0.2) is 16.8 Å². The maximum atomic E-state index is 14.6. The molecule has 0 heterocycles. The molecule has 0 aliphatic heterocycles. The van der Waals surface area contributed by atoms with Gasteiger partial charge in [0.05, 0.1) is 0 Å². The van der Waals surface area contributed by atoms with Crippen LogP contribution in [0.15, 0.2) is 12.1 Å². The third-order valence-electron chi connectivity index (χ3n) is 6.86. The van der Waals surface area contributed by atoms with Crippen molar-refractivity contribution in [3.63, 3.8) is 0 Å². The summed E-state index contributed by atoms with van der Waals surface area (Å²) >= 11 is 0. The first kappa shape index (κ1) is 22.3. The van der Waals surface area contributed by atoms with Gasteiger partial charge in [-0.1, -0.05) is 32.6 Å². The van der Waals surface area contributed by atoms with Crippen LogP contribution in [0.4, 0.5) is 22.0 Å². The monoisotopic (exact) mass is 420 g/mol. The van der Waals surface area contributed by atoms with Gasteiger partial charge in [-0.15, -0.1) is 0 Å². The fourth-order valence-electron chi connectivity index (χ4n) is 5.07. The molecular weight excluding hydrogens is 391 g/mol. The minimum absolute atomic E-state index is 0.147. The van der Waals surface area contributed by atoms with Gasteiger partial charge in [0, 0.05) is 12.1 Å². The molecule has 0 bridgehead atoms. The maximum absolute atomic E-state index is 14.6. The summed E-state index contributed by atoms with van der Waals surface area (Å²) in [5, 5.41) is 10.5. The first-order valence-corrected chi connectivity index (χ1v) is 10.6. The largest absolute Gasteiger partial charge is 0.430 e. The van der Waals surface area contributed by atoms with E-state index in [1.165, 1.54) is 25.7 Å². The van der Waals surface area contributed by atoms with Crippen LogP contribution < -0.4 is 4.74 Å². The number of benzene rings is 1. The van der Waals surface area contributed by atoms with Crippen LogP contribution in [0.25, 0.3) is 0 Å². The number of hydrogen-bond donors (Lipinski definition) is 1. The van der Waals surface area contributed by atoms with Gasteiger partial charge >= 0.3 is 6.11 Å². The molecule has 0 spiro atoms. The molecule has 2 aliphatic carbocycles. The van der Waals surface area contributed by atoms with Crippen LogP contribution >= 0.6 is 0 Å².